The zero-order valence-electron chi connectivity index (χ0n) is 9.60. The molecule has 0 atom stereocenters. The van der Waals surface area contributed by atoms with Crippen molar-refractivity contribution in [1.82, 2.24) is 4.90 Å². The van der Waals surface area contributed by atoms with E-state index in [1.165, 1.54) is 35.0 Å². The second kappa shape index (κ2) is 4.60. The highest BCUT2D eigenvalue weighted by molar-refractivity contribution is 6.03. The van der Waals surface area contributed by atoms with Crippen LogP contribution in [0.4, 0.5) is 5.69 Å². The zero-order valence-corrected chi connectivity index (χ0v) is 9.60. The van der Waals surface area contributed by atoms with Crippen LogP contribution in [0.25, 0.3) is 0 Å². The molecule has 92 valence electrons. The zero-order chi connectivity index (χ0) is 13.2. The third-order valence-corrected chi connectivity index (χ3v) is 2.34. The molecule has 0 bridgehead atoms. The minimum absolute atomic E-state index is 0.0254. The fraction of sp³-hybridized carbons (Fsp3) is 0.200. The van der Waals surface area contributed by atoms with E-state index < -0.39 is 0 Å². The molecule has 0 spiro atoms. The summed E-state index contributed by atoms with van der Waals surface area (Å²) < 4.78 is 0. The van der Waals surface area contributed by atoms with Crippen LogP contribution in [0.5, 0.6) is 11.5 Å². The molecule has 0 amide bonds. The number of nitrogens with one attached hydrogen (secondary N) is 2. The van der Waals surface area contributed by atoms with Gasteiger partial charge in [0.2, 0.25) is 5.96 Å². The molecular weight excluding hydrogens is 222 g/mol. The Kier molecular flexibility index (Phi) is 3.42. The van der Waals surface area contributed by atoms with Crippen LogP contribution in [-0.2, 0) is 0 Å². The highest BCUT2D eigenvalue weighted by atomic mass is 16.3. The number of anilines is 1. The van der Waals surface area contributed by atoms with Crippen molar-refractivity contribution in [1.29, 1.82) is 10.8 Å². The average molecular weight is 237 g/mol. The van der Waals surface area contributed by atoms with Gasteiger partial charge < -0.3 is 20.8 Å². The molecule has 0 aliphatic carbocycles. The first-order valence-electron chi connectivity index (χ1n) is 4.76. The Bertz CT molecular complexity index is 460. The maximum absolute atomic E-state index is 9.35. The van der Waals surface area contributed by atoms with Crippen LogP contribution in [0.1, 0.15) is 0 Å². The average Bonchev–Trinajstić information content (AvgIpc) is 2.29. The molecular formula is C10H15N5O2. The summed E-state index contributed by atoms with van der Waals surface area (Å²) in [7, 11) is 3.08. The Balaban J connectivity index is 2.96. The van der Waals surface area contributed by atoms with E-state index in [1.54, 1.807) is 7.05 Å². The molecule has 0 saturated carbocycles. The van der Waals surface area contributed by atoms with Crippen LogP contribution < -0.4 is 10.6 Å². The lowest BCUT2D eigenvalue weighted by molar-refractivity contribution is 0.404. The predicted molar refractivity (Wildman–Crippen MR) is 65.6 cm³/mol. The van der Waals surface area contributed by atoms with Crippen molar-refractivity contribution >= 4 is 17.6 Å². The molecule has 0 saturated heterocycles. The van der Waals surface area contributed by atoms with E-state index in [9.17, 15) is 10.2 Å². The Labute approximate surface area is 98.7 Å². The van der Waals surface area contributed by atoms with Gasteiger partial charge in [0.15, 0.2) is 17.5 Å². The summed E-state index contributed by atoms with van der Waals surface area (Å²) in [6.45, 7) is 0. The quantitative estimate of drug-likeness (QED) is 0.273. The van der Waals surface area contributed by atoms with E-state index in [-0.39, 0.29) is 23.4 Å². The number of phenols is 2. The van der Waals surface area contributed by atoms with Gasteiger partial charge in [-0.2, -0.15) is 0 Å². The predicted octanol–water partition coefficient (Wildman–Crippen LogP) is 0.294. The highest BCUT2D eigenvalue weighted by Crippen LogP contribution is 2.29. The van der Waals surface area contributed by atoms with Crippen molar-refractivity contribution < 1.29 is 10.2 Å². The van der Waals surface area contributed by atoms with E-state index in [2.05, 4.69) is 0 Å². The van der Waals surface area contributed by atoms with Gasteiger partial charge in [-0.3, -0.25) is 15.7 Å². The second-order valence-electron chi connectivity index (χ2n) is 3.50. The number of nitrogens with two attached hydrogens (primary N) is 1. The molecule has 1 rings (SSSR count). The van der Waals surface area contributed by atoms with Crippen molar-refractivity contribution in [3.8, 4) is 11.5 Å². The molecule has 6 N–H and O–H groups in total. The normalized spacial score (nSPS) is 9.76. The number of nitrogens with zero attached hydrogens (tertiary/aromatic N) is 2. The summed E-state index contributed by atoms with van der Waals surface area (Å²) in [5.41, 5.74) is 5.76. The molecule has 0 radical (unpaired) electrons. The first-order valence-corrected chi connectivity index (χ1v) is 4.76. The number of rotatable bonds is 1. The van der Waals surface area contributed by atoms with Gasteiger partial charge in [0.25, 0.3) is 0 Å². The fourth-order valence-electron chi connectivity index (χ4n) is 1.18. The van der Waals surface area contributed by atoms with Crippen molar-refractivity contribution in [2.75, 3.05) is 19.0 Å². The summed E-state index contributed by atoms with van der Waals surface area (Å²) in [5.74, 6) is -0.784. The van der Waals surface area contributed by atoms with Crippen LogP contribution in [0, 0.1) is 10.8 Å². The summed E-state index contributed by atoms with van der Waals surface area (Å²) in [5, 5.41) is 33.5. The number of hydrogen-bond donors (Lipinski definition) is 5. The van der Waals surface area contributed by atoms with Gasteiger partial charge in [0, 0.05) is 25.8 Å². The monoisotopic (exact) mass is 237 g/mol. The lowest BCUT2D eigenvalue weighted by atomic mass is 10.2. The molecule has 0 aliphatic heterocycles. The first-order chi connectivity index (χ1) is 7.84. The van der Waals surface area contributed by atoms with Crippen LogP contribution in [0.15, 0.2) is 18.2 Å². The van der Waals surface area contributed by atoms with Gasteiger partial charge in [-0.25, -0.2) is 0 Å². The van der Waals surface area contributed by atoms with Crippen LogP contribution >= 0.6 is 0 Å². The largest absolute Gasteiger partial charge is 0.504 e. The van der Waals surface area contributed by atoms with E-state index in [1.807, 2.05) is 0 Å². The molecule has 1 aromatic carbocycles. The van der Waals surface area contributed by atoms with Gasteiger partial charge in [0.05, 0.1) is 0 Å². The van der Waals surface area contributed by atoms with Gasteiger partial charge in [0.1, 0.15) is 0 Å². The lowest BCUT2D eigenvalue weighted by Gasteiger charge is -2.26. The van der Waals surface area contributed by atoms with Gasteiger partial charge in [-0.1, -0.05) is 0 Å². The fourth-order valence-corrected chi connectivity index (χ4v) is 1.18. The van der Waals surface area contributed by atoms with E-state index in [0.29, 0.717) is 5.69 Å². The highest BCUT2D eigenvalue weighted by Gasteiger charge is 2.14. The van der Waals surface area contributed by atoms with Crippen molar-refractivity contribution in [2.45, 2.75) is 0 Å². The molecule has 0 aromatic heterocycles. The minimum atomic E-state index is -0.271. The Morgan fingerprint density at radius 2 is 1.76 bits per heavy atom. The maximum atomic E-state index is 9.35. The van der Waals surface area contributed by atoms with E-state index >= 15 is 0 Å². The summed E-state index contributed by atoms with van der Waals surface area (Å²) >= 11 is 0. The molecule has 0 unspecified atom stereocenters. The van der Waals surface area contributed by atoms with Crippen molar-refractivity contribution in [3.63, 3.8) is 0 Å². The van der Waals surface area contributed by atoms with Crippen LogP contribution in [0.3, 0.4) is 0 Å². The minimum Gasteiger partial charge on any atom is -0.504 e. The molecule has 1 aromatic rings. The topological polar surface area (TPSA) is 121 Å². The molecule has 7 heteroatoms. The third-order valence-electron chi connectivity index (χ3n) is 2.34. The third kappa shape index (κ3) is 2.57. The number of benzene rings is 1. The van der Waals surface area contributed by atoms with Crippen molar-refractivity contribution in [2.24, 2.45) is 5.73 Å². The summed E-state index contributed by atoms with van der Waals surface area (Å²) in [6.07, 6.45) is 0. The van der Waals surface area contributed by atoms with E-state index in [4.69, 9.17) is 16.6 Å². The first kappa shape index (κ1) is 12.6. The maximum Gasteiger partial charge on any atom is 0.204 e. The Morgan fingerprint density at radius 1 is 1.18 bits per heavy atom. The number of hydrogen-bond acceptors (Lipinski definition) is 4. The molecule has 0 aliphatic rings. The molecule has 0 fully saturated rings. The second-order valence-corrected chi connectivity index (χ2v) is 3.50. The summed E-state index contributed by atoms with van der Waals surface area (Å²) in [4.78, 5) is 2.59. The number of guanidine groups is 2. The van der Waals surface area contributed by atoms with Crippen LogP contribution in [-0.4, -0.2) is 41.1 Å². The van der Waals surface area contributed by atoms with Gasteiger partial charge in [-0.15, -0.1) is 0 Å². The van der Waals surface area contributed by atoms with Gasteiger partial charge in [-0.05, 0) is 12.1 Å². The van der Waals surface area contributed by atoms with Gasteiger partial charge >= 0.3 is 0 Å². The van der Waals surface area contributed by atoms with Crippen LogP contribution in [0.2, 0.25) is 0 Å². The Hall–Kier alpha value is -2.44. The van der Waals surface area contributed by atoms with E-state index in [0.717, 1.165) is 0 Å². The van der Waals surface area contributed by atoms with Crippen molar-refractivity contribution in [3.05, 3.63) is 18.2 Å². The molecule has 0 heterocycles. The lowest BCUT2D eigenvalue weighted by Crippen LogP contribution is -2.45. The standard InChI is InChI=1S/C10H15N5O2/c1-14(10(13)15(2)9(11)12)6-3-4-7(16)8(17)5-6/h3-5,13,16-17H,1-2H3,(H3,11,12). The summed E-state index contributed by atoms with van der Waals surface area (Å²) in [6, 6.07) is 4.18. The molecule has 17 heavy (non-hydrogen) atoms. The smallest absolute Gasteiger partial charge is 0.204 e. The SMILES string of the molecule is CN(C(=N)N)C(=N)N(C)c1ccc(O)c(O)c1. The Morgan fingerprint density at radius 3 is 2.24 bits per heavy atom. The number of aromatic hydroxyl groups is 2. The molecule has 7 nitrogen and oxygen atoms in total. The number of phenolic OH excluding ortho intramolecular Hbond substituents is 2.